The molecule has 1 N–H and O–H groups in total. The molecule has 5 heteroatoms. The Bertz CT molecular complexity index is 501. The van der Waals surface area contributed by atoms with Gasteiger partial charge in [-0.15, -0.1) is 0 Å². The Morgan fingerprint density at radius 2 is 2.05 bits per heavy atom. The van der Waals surface area contributed by atoms with Crippen molar-refractivity contribution in [3.8, 4) is 0 Å². The number of carbonyl (C=O) groups excluding carboxylic acids is 1. The highest BCUT2D eigenvalue weighted by molar-refractivity contribution is 9.10. The van der Waals surface area contributed by atoms with Crippen molar-refractivity contribution < 1.29 is 9.53 Å². The molecule has 1 aromatic rings. The zero-order chi connectivity index (χ0) is 15.4. The molecule has 1 aliphatic rings. The van der Waals surface area contributed by atoms with Crippen molar-refractivity contribution in [2.45, 2.75) is 38.6 Å². The molecule has 3 nitrogen and oxygen atoms in total. The number of methoxy groups -OCH3 is 1. The van der Waals surface area contributed by atoms with Crippen LogP contribution in [0.5, 0.6) is 0 Å². The molecule has 1 unspecified atom stereocenters. The van der Waals surface area contributed by atoms with E-state index >= 15 is 0 Å². The van der Waals surface area contributed by atoms with E-state index in [-0.39, 0.29) is 12.0 Å². The predicted molar refractivity (Wildman–Crippen MR) is 89.7 cm³/mol. The van der Waals surface area contributed by atoms with E-state index in [1.807, 2.05) is 18.2 Å². The SMILES string of the molecule is COC(=O)C(Nc1ccc(Cl)c(Br)c1)C1CCC(C)CC1. The smallest absolute Gasteiger partial charge is 0.328 e. The van der Waals surface area contributed by atoms with Gasteiger partial charge in [-0.2, -0.15) is 0 Å². The summed E-state index contributed by atoms with van der Waals surface area (Å²) < 4.78 is 5.79. The van der Waals surface area contributed by atoms with E-state index in [0.29, 0.717) is 10.9 Å². The molecule has 116 valence electrons. The standard InChI is InChI=1S/C16H21BrClNO2/c1-10-3-5-11(6-4-10)15(16(20)21-2)19-12-7-8-14(18)13(17)9-12/h7-11,15,19H,3-6H2,1-2H3. The maximum Gasteiger partial charge on any atom is 0.328 e. The number of rotatable bonds is 4. The second kappa shape index (κ2) is 7.50. The molecule has 0 aromatic heterocycles. The topological polar surface area (TPSA) is 38.3 Å². The van der Waals surface area contributed by atoms with Crippen LogP contribution in [-0.4, -0.2) is 19.1 Å². The molecule has 1 atom stereocenters. The first-order valence-electron chi connectivity index (χ1n) is 7.30. The van der Waals surface area contributed by atoms with Gasteiger partial charge >= 0.3 is 5.97 Å². The first kappa shape index (κ1) is 16.6. The second-order valence-electron chi connectivity index (χ2n) is 5.79. The molecule has 0 aliphatic heterocycles. The maximum absolute atomic E-state index is 12.1. The Morgan fingerprint density at radius 3 is 2.62 bits per heavy atom. The molecule has 0 spiro atoms. The molecule has 0 radical (unpaired) electrons. The van der Waals surface area contributed by atoms with Crippen LogP contribution in [0.25, 0.3) is 0 Å². The van der Waals surface area contributed by atoms with Crippen LogP contribution in [0.15, 0.2) is 22.7 Å². The van der Waals surface area contributed by atoms with Crippen molar-refractivity contribution >= 4 is 39.2 Å². The maximum atomic E-state index is 12.1. The van der Waals surface area contributed by atoms with Crippen LogP contribution < -0.4 is 5.32 Å². The largest absolute Gasteiger partial charge is 0.467 e. The van der Waals surface area contributed by atoms with Crippen molar-refractivity contribution in [1.29, 1.82) is 0 Å². The van der Waals surface area contributed by atoms with Gasteiger partial charge in [-0.1, -0.05) is 31.4 Å². The van der Waals surface area contributed by atoms with Gasteiger partial charge in [0.05, 0.1) is 12.1 Å². The average Bonchev–Trinajstić information content (AvgIpc) is 2.48. The molecule has 0 bridgehead atoms. The summed E-state index contributed by atoms with van der Waals surface area (Å²) in [5.74, 6) is 0.882. The van der Waals surface area contributed by atoms with E-state index in [4.69, 9.17) is 16.3 Å². The van der Waals surface area contributed by atoms with Crippen LogP contribution in [0.4, 0.5) is 5.69 Å². The zero-order valence-corrected chi connectivity index (χ0v) is 14.7. The molecule has 1 saturated carbocycles. The number of hydrogen-bond donors (Lipinski definition) is 1. The summed E-state index contributed by atoms with van der Waals surface area (Å²) >= 11 is 9.41. The molecule has 2 rings (SSSR count). The van der Waals surface area contributed by atoms with Crippen molar-refractivity contribution in [3.05, 3.63) is 27.7 Å². The molecule has 0 amide bonds. The van der Waals surface area contributed by atoms with Gasteiger partial charge in [0.15, 0.2) is 0 Å². The van der Waals surface area contributed by atoms with E-state index in [1.54, 1.807) is 0 Å². The van der Waals surface area contributed by atoms with E-state index in [1.165, 1.54) is 20.0 Å². The summed E-state index contributed by atoms with van der Waals surface area (Å²) in [5, 5.41) is 3.97. The highest BCUT2D eigenvalue weighted by atomic mass is 79.9. The van der Waals surface area contributed by atoms with Gasteiger partial charge in [0, 0.05) is 10.2 Å². The minimum Gasteiger partial charge on any atom is -0.467 e. The van der Waals surface area contributed by atoms with Gasteiger partial charge in [0.25, 0.3) is 0 Å². The van der Waals surface area contributed by atoms with Crippen molar-refractivity contribution in [3.63, 3.8) is 0 Å². The lowest BCUT2D eigenvalue weighted by molar-refractivity contribution is -0.143. The van der Waals surface area contributed by atoms with Crippen LogP contribution in [0.2, 0.25) is 5.02 Å². The third kappa shape index (κ3) is 4.36. The number of nitrogens with one attached hydrogen (secondary N) is 1. The minimum absolute atomic E-state index is 0.194. The van der Waals surface area contributed by atoms with Crippen LogP contribution >= 0.6 is 27.5 Å². The van der Waals surface area contributed by atoms with E-state index in [2.05, 4.69) is 28.2 Å². The first-order chi connectivity index (χ1) is 10.0. The Hall–Kier alpha value is -0.740. The lowest BCUT2D eigenvalue weighted by Gasteiger charge is -2.32. The van der Waals surface area contributed by atoms with Crippen molar-refractivity contribution in [1.82, 2.24) is 0 Å². The van der Waals surface area contributed by atoms with Crippen molar-refractivity contribution in [2.24, 2.45) is 11.8 Å². The van der Waals surface area contributed by atoms with Crippen LogP contribution in [0, 0.1) is 11.8 Å². The summed E-state index contributed by atoms with van der Waals surface area (Å²) in [5.41, 5.74) is 0.875. The van der Waals surface area contributed by atoms with Gasteiger partial charge in [-0.05, 0) is 58.8 Å². The quantitative estimate of drug-likeness (QED) is 0.763. The van der Waals surface area contributed by atoms with Gasteiger partial charge in [0.1, 0.15) is 6.04 Å². The normalized spacial score (nSPS) is 23.4. The van der Waals surface area contributed by atoms with E-state index in [0.717, 1.165) is 28.9 Å². The third-order valence-corrected chi connectivity index (χ3v) is 5.44. The monoisotopic (exact) mass is 373 g/mol. The van der Waals surface area contributed by atoms with Crippen LogP contribution in [-0.2, 0) is 9.53 Å². The van der Waals surface area contributed by atoms with Gasteiger partial charge < -0.3 is 10.1 Å². The number of ether oxygens (including phenoxy) is 1. The highest BCUT2D eigenvalue weighted by Gasteiger charge is 2.31. The molecular formula is C16H21BrClNO2. The Kier molecular flexibility index (Phi) is 5.94. The zero-order valence-electron chi connectivity index (χ0n) is 12.4. The Morgan fingerprint density at radius 1 is 1.38 bits per heavy atom. The Balaban J connectivity index is 2.12. The van der Waals surface area contributed by atoms with E-state index < -0.39 is 0 Å². The highest BCUT2D eigenvalue weighted by Crippen LogP contribution is 2.33. The lowest BCUT2D eigenvalue weighted by atomic mass is 9.79. The number of anilines is 1. The summed E-state index contributed by atoms with van der Waals surface area (Å²) in [6.07, 6.45) is 4.46. The molecule has 1 fully saturated rings. The third-order valence-electron chi connectivity index (χ3n) is 4.23. The molecule has 0 heterocycles. The molecule has 1 aromatic carbocycles. The van der Waals surface area contributed by atoms with Gasteiger partial charge in [-0.25, -0.2) is 4.79 Å². The average molecular weight is 375 g/mol. The fourth-order valence-corrected chi connectivity index (χ4v) is 3.38. The summed E-state index contributed by atoms with van der Waals surface area (Å²) in [7, 11) is 1.44. The number of esters is 1. The molecule has 1 aliphatic carbocycles. The summed E-state index contributed by atoms with van der Waals surface area (Å²) in [4.78, 5) is 12.1. The van der Waals surface area contributed by atoms with Crippen LogP contribution in [0.3, 0.4) is 0 Å². The summed E-state index contributed by atoms with van der Waals surface area (Å²) in [6, 6.07) is 5.29. The second-order valence-corrected chi connectivity index (χ2v) is 7.06. The van der Waals surface area contributed by atoms with Gasteiger partial charge in [0.2, 0.25) is 0 Å². The molecule has 0 saturated heterocycles. The fraction of sp³-hybridized carbons (Fsp3) is 0.562. The van der Waals surface area contributed by atoms with Gasteiger partial charge in [-0.3, -0.25) is 0 Å². The fourth-order valence-electron chi connectivity index (χ4n) is 2.88. The molecule has 21 heavy (non-hydrogen) atoms. The van der Waals surface area contributed by atoms with Crippen LogP contribution in [0.1, 0.15) is 32.6 Å². The Labute approximate surface area is 139 Å². The number of benzene rings is 1. The minimum atomic E-state index is -0.296. The number of carbonyl (C=O) groups is 1. The van der Waals surface area contributed by atoms with E-state index in [9.17, 15) is 4.79 Å². The van der Waals surface area contributed by atoms with Crippen molar-refractivity contribution in [2.75, 3.05) is 12.4 Å². The predicted octanol–water partition coefficient (Wildman–Crippen LogP) is 4.88. The number of hydrogen-bond acceptors (Lipinski definition) is 3. The molecular weight excluding hydrogens is 354 g/mol. The lowest BCUT2D eigenvalue weighted by Crippen LogP contribution is -2.39. The number of halogens is 2. The summed E-state index contributed by atoms with van der Waals surface area (Å²) in [6.45, 7) is 2.27. The first-order valence-corrected chi connectivity index (χ1v) is 8.47.